The third-order valence-corrected chi connectivity index (χ3v) is 4.11. The number of hydrogen-bond donors (Lipinski definition) is 1. The first kappa shape index (κ1) is 13.2. The van der Waals surface area contributed by atoms with Crippen LogP contribution in [-0.2, 0) is 5.41 Å². The average Bonchev–Trinajstić information content (AvgIpc) is 2.43. The molecule has 1 saturated carbocycles. The standard InChI is InChI=1S/C16H20N4/c1-12-9-14(13-5-3-8-18-10-13)20-15(19-12)16(11-17-2)6-4-7-16/h3,5,8-10,17H,4,6-7,11H2,1-2H3. The molecule has 0 aromatic carbocycles. The summed E-state index contributed by atoms with van der Waals surface area (Å²) >= 11 is 0. The Morgan fingerprint density at radius 2 is 2.15 bits per heavy atom. The van der Waals surface area contributed by atoms with Crippen LogP contribution in [-0.4, -0.2) is 28.5 Å². The zero-order valence-electron chi connectivity index (χ0n) is 12.1. The summed E-state index contributed by atoms with van der Waals surface area (Å²) in [5.41, 5.74) is 3.18. The third-order valence-electron chi connectivity index (χ3n) is 4.11. The van der Waals surface area contributed by atoms with E-state index in [9.17, 15) is 0 Å². The average molecular weight is 268 g/mol. The summed E-state index contributed by atoms with van der Waals surface area (Å²) in [6.07, 6.45) is 7.25. The molecule has 1 N–H and O–H groups in total. The maximum atomic E-state index is 4.83. The van der Waals surface area contributed by atoms with Gasteiger partial charge in [-0.1, -0.05) is 6.42 Å². The van der Waals surface area contributed by atoms with Crippen LogP contribution in [0.1, 0.15) is 30.8 Å². The Balaban J connectivity index is 2.03. The van der Waals surface area contributed by atoms with Gasteiger partial charge < -0.3 is 5.32 Å². The van der Waals surface area contributed by atoms with Gasteiger partial charge in [0.2, 0.25) is 0 Å². The predicted molar refractivity (Wildman–Crippen MR) is 79.5 cm³/mol. The number of nitrogens with one attached hydrogen (secondary N) is 1. The highest BCUT2D eigenvalue weighted by molar-refractivity contribution is 5.58. The molecule has 0 unspecified atom stereocenters. The van der Waals surface area contributed by atoms with E-state index in [0.29, 0.717) is 0 Å². The molecule has 0 spiro atoms. The molecule has 0 radical (unpaired) electrons. The fourth-order valence-corrected chi connectivity index (χ4v) is 2.89. The lowest BCUT2D eigenvalue weighted by Gasteiger charge is -2.40. The normalized spacial score (nSPS) is 16.7. The molecule has 1 aliphatic rings. The highest BCUT2D eigenvalue weighted by Gasteiger charge is 2.41. The summed E-state index contributed by atoms with van der Waals surface area (Å²) in [7, 11) is 2.00. The molecule has 2 aromatic rings. The van der Waals surface area contributed by atoms with Gasteiger partial charge in [-0.25, -0.2) is 9.97 Å². The smallest absolute Gasteiger partial charge is 0.136 e. The Bertz CT molecular complexity index is 591. The topological polar surface area (TPSA) is 50.7 Å². The van der Waals surface area contributed by atoms with Crippen molar-refractivity contribution in [3.05, 3.63) is 42.1 Å². The molecule has 0 aliphatic heterocycles. The largest absolute Gasteiger partial charge is 0.319 e. The van der Waals surface area contributed by atoms with Crippen molar-refractivity contribution in [1.29, 1.82) is 0 Å². The van der Waals surface area contributed by atoms with Gasteiger partial charge in [-0.05, 0) is 45.0 Å². The second kappa shape index (κ2) is 5.29. The van der Waals surface area contributed by atoms with Crippen LogP contribution < -0.4 is 5.32 Å². The highest BCUT2D eigenvalue weighted by Crippen LogP contribution is 2.42. The molecule has 0 amide bonds. The Labute approximate surface area is 119 Å². The molecular formula is C16H20N4. The van der Waals surface area contributed by atoms with Crippen LogP contribution in [0.15, 0.2) is 30.6 Å². The quantitative estimate of drug-likeness (QED) is 0.925. The number of aryl methyl sites for hydroxylation is 1. The van der Waals surface area contributed by atoms with Gasteiger partial charge in [-0.3, -0.25) is 4.98 Å². The monoisotopic (exact) mass is 268 g/mol. The van der Waals surface area contributed by atoms with Crippen molar-refractivity contribution in [2.24, 2.45) is 0 Å². The van der Waals surface area contributed by atoms with Crippen LogP contribution in [0, 0.1) is 6.92 Å². The van der Waals surface area contributed by atoms with Crippen LogP contribution in [0.5, 0.6) is 0 Å². The molecular weight excluding hydrogens is 248 g/mol. The Morgan fingerprint density at radius 1 is 1.30 bits per heavy atom. The number of pyridine rings is 1. The molecule has 104 valence electrons. The molecule has 3 rings (SSSR count). The van der Waals surface area contributed by atoms with Crippen LogP contribution in [0.25, 0.3) is 11.3 Å². The maximum Gasteiger partial charge on any atom is 0.136 e. The molecule has 20 heavy (non-hydrogen) atoms. The van der Waals surface area contributed by atoms with Crippen molar-refractivity contribution in [3.63, 3.8) is 0 Å². The molecule has 2 aromatic heterocycles. The predicted octanol–water partition coefficient (Wildman–Crippen LogP) is 2.49. The van der Waals surface area contributed by atoms with Gasteiger partial charge in [0.1, 0.15) is 5.82 Å². The van der Waals surface area contributed by atoms with E-state index in [1.807, 2.05) is 38.4 Å². The Morgan fingerprint density at radius 3 is 2.75 bits per heavy atom. The van der Waals surface area contributed by atoms with Gasteiger partial charge in [0.15, 0.2) is 0 Å². The molecule has 4 heteroatoms. The lowest BCUT2D eigenvalue weighted by Crippen LogP contribution is -2.44. The van der Waals surface area contributed by atoms with Gasteiger partial charge in [-0.2, -0.15) is 0 Å². The van der Waals surface area contributed by atoms with E-state index < -0.39 is 0 Å². The second-order valence-corrected chi connectivity index (χ2v) is 5.62. The molecule has 0 bridgehead atoms. The van der Waals surface area contributed by atoms with E-state index >= 15 is 0 Å². The molecule has 1 fully saturated rings. The van der Waals surface area contributed by atoms with E-state index in [1.54, 1.807) is 6.20 Å². The molecule has 4 nitrogen and oxygen atoms in total. The van der Waals surface area contributed by atoms with Crippen molar-refractivity contribution in [3.8, 4) is 11.3 Å². The number of aromatic nitrogens is 3. The van der Waals surface area contributed by atoms with Gasteiger partial charge in [-0.15, -0.1) is 0 Å². The van der Waals surface area contributed by atoms with Gasteiger partial charge in [0.25, 0.3) is 0 Å². The van der Waals surface area contributed by atoms with Gasteiger partial charge in [0, 0.05) is 35.6 Å². The molecule has 0 saturated heterocycles. The van der Waals surface area contributed by atoms with E-state index in [-0.39, 0.29) is 5.41 Å². The van der Waals surface area contributed by atoms with Crippen LogP contribution in [0.4, 0.5) is 0 Å². The Kier molecular flexibility index (Phi) is 3.49. The van der Waals surface area contributed by atoms with Crippen molar-refractivity contribution < 1.29 is 0 Å². The summed E-state index contributed by atoms with van der Waals surface area (Å²) in [5, 5.41) is 3.30. The summed E-state index contributed by atoms with van der Waals surface area (Å²) in [6, 6.07) is 6.02. The first-order valence-electron chi connectivity index (χ1n) is 7.15. The van der Waals surface area contributed by atoms with Gasteiger partial charge in [0.05, 0.1) is 5.69 Å². The van der Waals surface area contributed by atoms with E-state index in [4.69, 9.17) is 9.97 Å². The van der Waals surface area contributed by atoms with Crippen LogP contribution >= 0.6 is 0 Å². The van der Waals surface area contributed by atoms with Crippen molar-refractivity contribution in [2.75, 3.05) is 13.6 Å². The summed E-state index contributed by atoms with van der Waals surface area (Å²) in [6.45, 7) is 2.99. The van der Waals surface area contributed by atoms with Crippen molar-refractivity contribution in [1.82, 2.24) is 20.3 Å². The van der Waals surface area contributed by atoms with Crippen molar-refractivity contribution in [2.45, 2.75) is 31.6 Å². The minimum Gasteiger partial charge on any atom is -0.319 e. The Hall–Kier alpha value is -1.81. The molecule has 2 heterocycles. The second-order valence-electron chi connectivity index (χ2n) is 5.62. The summed E-state index contributed by atoms with van der Waals surface area (Å²) < 4.78 is 0. The maximum absolute atomic E-state index is 4.83. The zero-order valence-corrected chi connectivity index (χ0v) is 12.1. The minimum atomic E-state index is 0.123. The summed E-state index contributed by atoms with van der Waals surface area (Å²) in [5.74, 6) is 0.983. The van der Waals surface area contributed by atoms with Crippen molar-refractivity contribution >= 4 is 0 Å². The van der Waals surface area contributed by atoms with Crippen LogP contribution in [0.3, 0.4) is 0 Å². The fraction of sp³-hybridized carbons (Fsp3) is 0.438. The zero-order chi connectivity index (χ0) is 14.0. The SMILES string of the molecule is CNCC1(c2nc(C)cc(-c3cccnc3)n2)CCC1. The van der Waals surface area contributed by atoms with E-state index in [1.165, 1.54) is 19.3 Å². The number of likely N-dealkylation sites (N-methyl/N-ethyl adjacent to an activating group) is 1. The molecule has 1 aliphatic carbocycles. The third kappa shape index (κ3) is 2.31. The number of hydrogen-bond acceptors (Lipinski definition) is 4. The lowest BCUT2D eigenvalue weighted by molar-refractivity contribution is 0.224. The summed E-state index contributed by atoms with van der Waals surface area (Å²) in [4.78, 5) is 13.7. The van der Waals surface area contributed by atoms with E-state index in [0.717, 1.165) is 29.3 Å². The lowest BCUT2D eigenvalue weighted by atomic mass is 9.68. The first-order chi connectivity index (χ1) is 9.73. The van der Waals surface area contributed by atoms with Crippen LogP contribution in [0.2, 0.25) is 0 Å². The number of rotatable bonds is 4. The fourth-order valence-electron chi connectivity index (χ4n) is 2.89. The van der Waals surface area contributed by atoms with E-state index in [2.05, 4.69) is 10.3 Å². The van der Waals surface area contributed by atoms with Gasteiger partial charge >= 0.3 is 0 Å². The first-order valence-corrected chi connectivity index (χ1v) is 7.15. The number of nitrogens with zero attached hydrogens (tertiary/aromatic N) is 3. The molecule has 0 atom stereocenters. The highest BCUT2D eigenvalue weighted by atomic mass is 15.0. The minimum absolute atomic E-state index is 0.123.